The van der Waals surface area contributed by atoms with E-state index in [9.17, 15) is 4.79 Å². The van der Waals surface area contributed by atoms with Crippen molar-refractivity contribution >= 4 is 42.0 Å². The molecule has 0 bridgehead atoms. The molecule has 0 unspecified atom stereocenters. The molecule has 1 aliphatic rings. The Kier molecular flexibility index (Phi) is 6.88. The molecule has 3 aromatic heterocycles. The first kappa shape index (κ1) is 26.1. The van der Waals surface area contributed by atoms with Gasteiger partial charge in [0.15, 0.2) is 8.32 Å². The van der Waals surface area contributed by atoms with Crippen LogP contribution < -0.4 is 5.32 Å². The number of carbonyl (C=O) groups excluding carboxylic acids is 1. The number of nitrogens with zero attached hydrogens (tertiary/aromatic N) is 5. The lowest BCUT2D eigenvalue weighted by Crippen LogP contribution is -2.42. The first-order valence-electron chi connectivity index (χ1n) is 13.4. The van der Waals surface area contributed by atoms with Gasteiger partial charge in [-0.2, -0.15) is 10.4 Å². The van der Waals surface area contributed by atoms with E-state index in [1.165, 1.54) is 10.8 Å². The van der Waals surface area contributed by atoms with Crippen molar-refractivity contribution < 1.29 is 9.22 Å². The summed E-state index contributed by atoms with van der Waals surface area (Å²) in [6, 6.07) is 11.4. The van der Waals surface area contributed by atoms with Crippen LogP contribution in [0.2, 0.25) is 18.1 Å². The highest BCUT2D eigenvalue weighted by molar-refractivity contribution is 6.74. The molecule has 1 fully saturated rings. The molecule has 1 aliphatic carbocycles. The van der Waals surface area contributed by atoms with Gasteiger partial charge in [0.1, 0.15) is 11.7 Å². The number of nitrogens with one attached hydrogen (secondary N) is 1. The van der Waals surface area contributed by atoms with Gasteiger partial charge in [-0.1, -0.05) is 20.8 Å². The van der Waals surface area contributed by atoms with Crippen LogP contribution in [0.3, 0.4) is 0 Å². The van der Waals surface area contributed by atoms with Gasteiger partial charge in [0.05, 0.1) is 17.1 Å². The molecule has 198 valence electrons. The molecule has 0 spiro atoms. The number of aromatic nitrogens is 4. The van der Waals surface area contributed by atoms with E-state index < -0.39 is 8.32 Å². The smallest absolute Gasteiger partial charge is 0.331 e. The summed E-state index contributed by atoms with van der Waals surface area (Å²) in [4.78, 5) is 17.2. The summed E-state index contributed by atoms with van der Waals surface area (Å²) < 4.78 is 10.1. The Labute approximate surface area is 224 Å². The number of rotatable bonds is 5. The fourth-order valence-corrected chi connectivity index (χ4v) is 5.95. The molecule has 0 saturated heterocycles. The van der Waals surface area contributed by atoms with Crippen LogP contribution in [0.15, 0.2) is 48.9 Å². The van der Waals surface area contributed by atoms with E-state index in [-0.39, 0.29) is 11.1 Å². The summed E-state index contributed by atoms with van der Waals surface area (Å²) in [6.45, 7) is 12.4. The van der Waals surface area contributed by atoms with E-state index >= 15 is 0 Å². The standard InChI is InChI=1S/C29H36N6O2Si/c1-29(2,3)38(4,5)37-19-20-6-9-25(10-7-20)35-18-23-15-24(8-11-26(23)33-35)32-28(36)34-13-12-22-14-21(16-30)17-31-27(22)34/h8,11-15,17-18,20,25H,6-7,9-10,19H2,1-5H3,(H,32,36). The van der Waals surface area contributed by atoms with Gasteiger partial charge in [-0.15, -0.1) is 0 Å². The summed E-state index contributed by atoms with van der Waals surface area (Å²) in [7, 11) is -1.71. The summed E-state index contributed by atoms with van der Waals surface area (Å²) in [5.41, 5.74) is 2.60. The van der Waals surface area contributed by atoms with Gasteiger partial charge in [0, 0.05) is 41.7 Å². The highest BCUT2D eigenvalue weighted by atomic mass is 28.4. The zero-order valence-corrected chi connectivity index (χ0v) is 23.9. The molecule has 0 aliphatic heterocycles. The second kappa shape index (κ2) is 10.0. The van der Waals surface area contributed by atoms with Crippen LogP contribution in [0.25, 0.3) is 21.9 Å². The molecule has 0 atom stereocenters. The van der Waals surface area contributed by atoms with E-state index in [1.54, 1.807) is 18.3 Å². The maximum Gasteiger partial charge on any atom is 0.331 e. The SMILES string of the molecule is CC(C)(C)[Si](C)(C)OCC1CCC(n2cc3cc(NC(=O)n4ccc5cc(C#N)cnc54)ccc3n2)CC1. The maximum absolute atomic E-state index is 13.0. The summed E-state index contributed by atoms with van der Waals surface area (Å²) in [6.07, 6.45) is 9.75. The molecule has 1 saturated carbocycles. The van der Waals surface area contributed by atoms with Crippen molar-refractivity contribution in [3.8, 4) is 6.07 Å². The third-order valence-corrected chi connectivity index (χ3v) is 12.8. The molecule has 1 aromatic carbocycles. The fraction of sp³-hybridized carbons (Fsp3) is 0.448. The lowest BCUT2D eigenvalue weighted by Gasteiger charge is -2.38. The summed E-state index contributed by atoms with van der Waals surface area (Å²) >= 11 is 0. The average molecular weight is 529 g/mol. The monoisotopic (exact) mass is 528 g/mol. The van der Waals surface area contributed by atoms with E-state index in [4.69, 9.17) is 14.8 Å². The summed E-state index contributed by atoms with van der Waals surface area (Å²) in [5, 5.41) is 18.9. The zero-order chi connectivity index (χ0) is 27.1. The Hall–Kier alpha value is -3.48. The number of amides is 1. The number of anilines is 1. The van der Waals surface area contributed by atoms with Gasteiger partial charge in [-0.25, -0.2) is 9.78 Å². The number of nitriles is 1. The van der Waals surface area contributed by atoms with Gasteiger partial charge >= 0.3 is 6.03 Å². The van der Waals surface area contributed by atoms with Crippen molar-refractivity contribution in [2.75, 3.05) is 11.9 Å². The van der Waals surface area contributed by atoms with E-state index in [0.29, 0.717) is 28.9 Å². The van der Waals surface area contributed by atoms with Gasteiger partial charge in [0.25, 0.3) is 0 Å². The molecule has 8 nitrogen and oxygen atoms in total. The number of carbonyl (C=O) groups is 1. The van der Waals surface area contributed by atoms with Crippen molar-refractivity contribution in [3.05, 3.63) is 54.5 Å². The van der Waals surface area contributed by atoms with E-state index in [1.807, 2.05) is 18.2 Å². The largest absolute Gasteiger partial charge is 0.417 e. The Morgan fingerprint density at radius 2 is 1.92 bits per heavy atom. The number of hydrogen-bond acceptors (Lipinski definition) is 5. The average Bonchev–Trinajstić information content (AvgIpc) is 3.50. The maximum atomic E-state index is 13.0. The number of hydrogen-bond donors (Lipinski definition) is 1. The van der Waals surface area contributed by atoms with Crippen LogP contribution in [-0.2, 0) is 4.43 Å². The molecule has 4 aromatic rings. The van der Waals surface area contributed by atoms with Crippen LogP contribution in [0.5, 0.6) is 0 Å². The Morgan fingerprint density at radius 3 is 2.63 bits per heavy atom. The molecule has 1 amide bonds. The third-order valence-electron chi connectivity index (χ3n) is 8.32. The topological polar surface area (TPSA) is 97.8 Å². The van der Waals surface area contributed by atoms with Crippen LogP contribution >= 0.6 is 0 Å². The van der Waals surface area contributed by atoms with Crippen LogP contribution in [0.4, 0.5) is 10.5 Å². The highest BCUT2D eigenvalue weighted by Gasteiger charge is 2.38. The van der Waals surface area contributed by atoms with Gasteiger partial charge < -0.3 is 9.74 Å². The highest BCUT2D eigenvalue weighted by Crippen LogP contribution is 2.39. The van der Waals surface area contributed by atoms with Gasteiger partial charge in [0.2, 0.25) is 0 Å². The lowest BCUT2D eigenvalue weighted by molar-refractivity contribution is 0.169. The van der Waals surface area contributed by atoms with Crippen LogP contribution in [-0.4, -0.2) is 40.3 Å². The molecule has 9 heteroatoms. The first-order valence-corrected chi connectivity index (χ1v) is 16.3. The second-order valence-corrected chi connectivity index (χ2v) is 16.8. The second-order valence-electron chi connectivity index (χ2n) is 12.0. The minimum Gasteiger partial charge on any atom is -0.417 e. The minimum atomic E-state index is -1.71. The third kappa shape index (κ3) is 5.24. The molecular formula is C29H36N6O2Si. The van der Waals surface area contributed by atoms with Crippen molar-refractivity contribution in [2.24, 2.45) is 5.92 Å². The molecule has 1 N–H and O–H groups in total. The molecule has 3 heterocycles. The summed E-state index contributed by atoms with van der Waals surface area (Å²) in [5.74, 6) is 0.623. The zero-order valence-electron chi connectivity index (χ0n) is 22.9. The van der Waals surface area contributed by atoms with Crippen LogP contribution in [0.1, 0.15) is 58.1 Å². The van der Waals surface area contributed by atoms with Crippen molar-refractivity contribution in [1.29, 1.82) is 5.26 Å². The molecular weight excluding hydrogens is 492 g/mol. The first-order chi connectivity index (χ1) is 18.0. The van der Waals surface area contributed by atoms with Gasteiger partial charge in [-0.3, -0.25) is 9.25 Å². The predicted molar refractivity (Wildman–Crippen MR) is 153 cm³/mol. The lowest BCUT2D eigenvalue weighted by atomic mass is 9.87. The quantitative estimate of drug-likeness (QED) is 0.279. The fourth-order valence-electron chi connectivity index (χ4n) is 4.86. The Bertz CT molecular complexity index is 1520. The number of pyridine rings is 1. The predicted octanol–water partition coefficient (Wildman–Crippen LogP) is 7.09. The van der Waals surface area contributed by atoms with Crippen molar-refractivity contribution in [2.45, 2.75) is 70.6 Å². The van der Waals surface area contributed by atoms with Gasteiger partial charge in [-0.05, 0) is 80.1 Å². The Morgan fingerprint density at radius 1 is 1.16 bits per heavy atom. The van der Waals surface area contributed by atoms with Crippen molar-refractivity contribution in [1.82, 2.24) is 19.3 Å². The number of fused-ring (bicyclic) bond motifs is 2. The van der Waals surface area contributed by atoms with Crippen LogP contribution in [0, 0.1) is 17.2 Å². The molecule has 0 radical (unpaired) electrons. The molecule has 5 rings (SSSR count). The van der Waals surface area contributed by atoms with E-state index in [0.717, 1.165) is 48.6 Å². The number of benzene rings is 1. The molecule has 38 heavy (non-hydrogen) atoms. The van der Waals surface area contributed by atoms with E-state index in [2.05, 4.69) is 61.1 Å². The Balaban J connectivity index is 1.22. The normalized spacial score (nSPS) is 18.5. The minimum absolute atomic E-state index is 0.242. The van der Waals surface area contributed by atoms with Crippen molar-refractivity contribution in [3.63, 3.8) is 0 Å².